The molecule has 0 aliphatic rings. The van der Waals surface area contributed by atoms with Crippen molar-refractivity contribution in [2.24, 2.45) is 10.2 Å². The molecule has 1 aromatic heterocycles. The molecule has 1 amide bonds. The molecule has 10 heteroatoms. The van der Waals surface area contributed by atoms with E-state index >= 15 is 0 Å². The average Bonchev–Trinajstić information content (AvgIpc) is 2.79. The first kappa shape index (κ1) is 19.5. The van der Waals surface area contributed by atoms with Gasteiger partial charge in [0.15, 0.2) is 0 Å². The Hall–Kier alpha value is -4.78. The van der Waals surface area contributed by atoms with Crippen molar-refractivity contribution in [3.8, 4) is 0 Å². The van der Waals surface area contributed by atoms with Crippen molar-refractivity contribution >= 4 is 50.5 Å². The summed E-state index contributed by atoms with van der Waals surface area (Å²) < 4.78 is 0. The van der Waals surface area contributed by atoms with Gasteiger partial charge in [-0.3, -0.25) is 4.79 Å². The molecule has 2 N–H and O–H groups in total. The van der Waals surface area contributed by atoms with E-state index in [-0.39, 0.29) is 5.91 Å². The molecule has 0 spiro atoms. The summed E-state index contributed by atoms with van der Waals surface area (Å²) >= 11 is 0. The van der Waals surface area contributed by atoms with Crippen LogP contribution in [-0.4, -0.2) is 17.9 Å². The maximum absolute atomic E-state index is 11.8. The zero-order chi connectivity index (χ0) is 21.8. The van der Waals surface area contributed by atoms with Crippen molar-refractivity contribution in [3.63, 3.8) is 0 Å². The highest BCUT2D eigenvalue weighted by atomic mass is 16.1. The Morgan fingerprint density at radius 3 is 1.90 bits per heavy atom. The molecule has 0 radical (unpaired) electrons. The van der Waals surface area contributed by atoms with Crippen LogP contribution in [0.3, 0.4) is 0 Å². The Morgan fingerprint density at radius 2 is 1.42 bits per heavy atom. The predicted molar refractivity (Wildman–Crippen MR) is 120 cm³/mol. The fourth-order valence-corrected chi connectivity index (χ4v) is 3.28. The van der Waals surface area contributed by atoms with Gasteiger partial charge in [-0.2, -0.15) is 0 Å². The molecule has 0 bridgehead atoms. The minimum absolute atomic E-state index is 0.164. The zero-order valence-electron chi connectivity index (χ0n) is 16.3. The molecule has 4 rings (SSSR count). The number of aromatic nitrogens is 1. The lowest BCUT2D eigenvalue weighted by atomic mass is 10.1. The van der Waals surface area contributed by atoms with Crippen LogP contribution in [-0.2, 0) is 0 Å². The van der Waals surface area contributed by atoms with E-state index in [1.165, 1.54) is 0 Å². The van der Waals surface area contributed by atoms with Crippen LogP contribution in [0.4, 0.5) is 22.7 Å². The Balaban J connectivity index is 1.90. The highest BCUT2D eigenvalue weighted by Crippen LogP contribution is 2.36. The number of carbonyl (C=O) groups is 1. The summed E-state index contributed by atoms with van der Waals surface area (Å²) in [6, 6.07) is 17.5. The maximum Gasteiger partial charge on any atom is 0.251 e. The van der Waals surface area contributed by atoms with E-state index in [1.807, 2.05) is 24.3 Å². The van der Waals surface area contributed by atoms with Crippen LogP contribution in [0.25, 0.3) is 42.7 Å². The number of nitrogens with one attached hydrogen (secondary N) is 2. The maximum atomic E-state index is 11.8. The number of fused-ring (bicyclic) bond motifs is 2. The molecular weight excluding hydrogens is 394 g/mol. The third-order valence-corrected chi connectivity index (χ3v) is 4.71. The standard InChI is InChI=1S/C21H15N9O/c1-24-21(31)12-2-4-13(5-3-12)25-20-16-8-6-14(27-29-22)10-18(16)26-19-11-15(28-30-23)7-9-17(19)20/h2-11H,1H3,(H,24,31)(H,25,26). The molecule has 0 saturated heterocycles. The largest absolute Gasteiger partial charge is 0.355 e. The fourth-order valence-electron chi connectivity index (χ4n) is 3.28. The second-order valence-corrected chi connectivity index (χ2v) is 6.55. The third kappa shape index (κ3) is 3.88. The first-order valence-corrected chi connectivity index (χ1v) is 9.20. The van der Waals surface area contributed by atoms with Gasteiger partial charge >= 0.3 is 0 Å². The van der Waals surface area contributed by atoms with Gasteiger partial charge in [-0.25, -0.2) is 4.98 Å². The van der Waals surface area contributed by atoms with Crippen molar-refractivity contribution < 1.29 is 4.79 Å². The summed E-state index contributed by atoms with van der Waals surface area (Å²) in [4.78, 5) is 22.1. The Morgan fingerprint density at radius 1 is 0.871 bits per heavy atom. The van der Waals surface area contributed by atoms with Gasteiger partial charge in [0.2, 0.25) is 0 Å². The highest BCUT2D eigenvalue weighted by molar-refractivity contribution is 6.09. The number of amides is 1. The summed E-state index contributed by atoms with van der Waals surface area (Å²) in [5.41, 5.74) is 21.7. The zero-order valence-corrected chi connectivity index (χ0v) is 16.3. The normalized spacial score (nSPS) is 10.2. The van der Waals surface area contributed by atoms with Crippen LogP contribution < -0.4 is 10.6 Å². The summed E-state index contributed by atoms with van der Waals surface area (Å²) in [6.45, 7) is 0. The van der Waals surface area contributed by atoms with Crippen LogP contribution in [0.5, 0.6) is 0 Å². The van der Waals surface area contributed by atoms with E-state index in [9.17, 15) is 4.79 Å². The number of pyridine rings is 1. The van der Waals surface area contributed by atoms with Gasteiger partial charge in [0, 0.05) is 50.3 Å². The van der Waals surface area contributed by atoms with E-state index in [2.05, 4.69) is 35.7 Å². The number of anilines is 2. The van der Waals surface area contributed by atoms with Crippen LogP contribution in [0.1, 0.15) is 10.4 Å². The van der Waals surface area contributed by atoms with E-state index < -0.39 is 0 Å². The van der Waals surface area contributed by atoms with Crippen molar-refractivity contribution in [3.05, 3.63) is 87.1 Å². The number of azide groups is 2. The lowest BCUT2D eigenvalue weighted by molar-refractivity contribution is 0.0963. The number of nitrogens with zero attached hydrogens (tertiary/aromatic N) is 7. The molecule has 0 aliphatic heterocycles. The Kier molecular flexibility index (Phi) is 5.23. The Bertz CT molecular complexity index is 1340. The molecule has 0 fully saturated rings. The molecule has 1 heterocycles. The van der Waals surface area contributed by atoms with Crippen molar-refractivity contribution in [1.82, 2.24) is 10.3 Å². The van der Waals surface area contributed by atoms with Crippen molar-refractivity contribution in [1.29, 1.82) is 0 Å². The van der Waals surface area contributed by atoms with Crippen LogP contribution >= 0.6 is 0 Å². The van der Waals surface area contributed by atoms with Crippen molar-refractivity contribution in [2.45, 2.75) is 0 Å². The fraction of sp³-hybridized carbons (Fsp3) is 0.0476. The summed E-state index contributed by atoms with van der Waals surface area (Å²) in [7, 11) is 1.58. The van der Waals surface area contributed by atoms with Gasteiger partial charge in [-0.05, 0) is 47.5 Å². The average molecular weight is 409 g/mol. The van der Waals surface area contributed by atoms with Gasteiger partial charge in [0.05, 0.1) is 16.7 Å². The first-order valence-electron chi connectivity index (χ1n) is 9.20. The molecular formula is C21H15N9O. The van der Waals surface area contributed by atoms with Gasteiger partial charge in [-0.15, -0.1) is 0 Å². The summed E-state index contributed by atoms with van der Waals surface area (Å²) in [5, 5.41) is 14.9. The van der Waals surface area contributed by atoms with Gasteiger partial charge in [-0.1, -0.05) is 34.5 Å². The quantitative estimate of drug-likeness (QED) is 0.170. The van der Waals surface area contributed by atoms with Crippen LogP contribution in [0, 0.1) is 0 Å². The lowest BCUT2D eigenvalue weighted by Crippen LogP contribution is -2.17. The number of rotatable bonds is 5. The molecule has 31 heavy (non-hydrogen) atoms. The van der Waals surface area contributed by atoms with Gasteiger partial charge < -0.3 is 10.6 Å². The molecule has 0 unspecified atom stereocenters. The SMILES string of the molecule is CNC(=O)c1ccc(Nc2c3ccc(N=[N+]=[N-])cc3nc3cc(N=[N+]=[N-])ccc23)cc1. The molecule has 0 aliphatic carbocycles. The number of benzene rings is 3. The number of carbonyl (C=O) groups excluding carboxylic acids is 1. The molecule has 0 saturated carbocycles. The van der Waals surface area contributed by atoms with E-state index in [0.29, 0.717) is 28.0 Å². The monoisotopic (exact) mass is 409 g/mol. The molecule has 0 atom stereocenters. The van der Waals surface area contributed by atoms with E-state index in [4.69, 9.17) is 11.1 Å². The molecule has 10 nitrogen and oxygen atoms in total. The minimum atomic E-state index is -0.164. The molecule has 150 valence electrons. The number of hydrogen-bond acceptors (Lipinski definition) is 5. The topological polar surface area (TPSA) is 152 Å². The predicted octanol–water partition coefficient (Wildman–Crippen LogP) is 6.37. The highest BCUT2D eigenvalue weighted by Gasteiger charge is 2.11. The smallest absolute Gasteiger partial charge is 0.251 e. The first-order chi connectivity index (χ1) is 15.1. The van der Waals surface area contributed by atoms with Crippen LogP contribution in [0.2, 0.25) is 0 Å². The third-order valence-electron chi connectivity index (χ3n) is 4.71. The molecule has 4 aromatic rings. The second-order valence-electron chi connectivity index (χ2n) is 6.55. The van der Waals surface area contributed by atoms with Gasteiger partial charge in [0.25, 0.3) is 5.91 Å². The second kappa shape index (κ2) is 8.30. The minimum Gasteiger partial charge on any atom is -0.355 e. The van der Waals surface area contributed by atoms with Crippen molar-refractivity contribution in [2.75, 3.05) is 12.4 Å². The Labute approximate surface area is 175 Å². The summed E-state index contributed by atoms with van der Waals surface area (Å²) in [6.07, 6.45) is 0. The lowest BCUT2D eigenvalue weighted by Gasteiger charge is -2.14. The molecule has 3 aromatic carbocycles. The van der Waals surface area contributed by atoms with Gasteiger partial charge in [0.1, 0.15) is 0 Å². The number of hydrogen-bond donors (Lipinski definition) is 2. The van der Waals surface area contributed by atoms with E-state index in [1.54, 1.807) is 43.4 Å². The van der Waals surface area contributed by atoms with E-state index in [0.717, 1.165) is 22.1 Å². The van der Waals surface area contributed by atoms with Crippen LogP contribution in [0.15, 0.2) is 70.9 Å². The summed E-state index contributed by atoms with van der Waals surface area (Å²) in [5.74, 6) is -0.164.